The van der Waals surface area contributed by atoms with Crippen molar-refractivity contribution in [1.82, 2.24) is 0 Å². The molecular weight excluding hydrogens is 264 g/mol. The van der Waals surface area contributed by atoms with Crippen molar-refractivity contribution in [1.29, 1.82) is 0 Å². The minimum absolute atomic E-state index is 0.0745. The molecule has 0 heterocycles. The molecule has 0 aliphatic heterocycles. The highest BCUT2D eigenvalue weighted by Gasteiger charge is 2.37. The Balaban J connectivity index is 2.96. The molecule has 3 heteroatoms. The van der Waals surface area contributed by atoms with Crippen LogP contribution in [-0.2, 0) is 4.43 Å². The van der Waals surface area contributed by atoms with E-state index >= 15 is 0 Å². The molecule has 0 aliphatic carbocycles. The van der Waals surface area contributed by atoms with Gasteiger partial charge in [-0.15, -0.1) is 0 Å². The number of aliphatic hydroxyl groups is 1. The van der Waals surface area contributed by atoms with Crippen LogP contribution in [-0.4, -0.2) is 26.6 Å². The van der Waals surface area contributed by atoms with Gasteiger partial charge in [-0.1, -0.05) is 51.1 Å². The molecule has 0 fully saturated rings. The summed E-state index contributed by atoms with van der Waals surface area (Å²) in [5, 5.41) is 9.65. The van der Waals surface area contributed by atoms with Crippen molar-refractivity contribution in [3.05, 3.63) is 41.5 Å². The zero-order valence-electron chi connectivity index (χ0n) is 13.7. The smallest absolute Gasteiger partial charge is 0.192 e. The van der Waals surface area contributed by atoms with E-state index < -0.39 is 8.32 Å². The van der Waals surface area contributed by atoms with Gasteiger partial charge in [0.2, 0.25) is 0 Å². The van der Waals surface area contributed by atoms with Gasteiger partial charge in [-0.05, 0) is 41.8 Å². The van der Waals surface area contributed by atoms with Crippen molar-refractivity contribution in [3.8, 4) is 0 Å². The highest BCUT2D eigenvalue weighted by molar-refractivity contribution is 6.74. The zero-order chi connectivity index (χ0) is 15.4. The normalized spacial score (nSPS) is 14.2. The van der Waals surface area contributed by atoms with Crippen LogP contribution in [0.1, 0.15) is 33.3 Å². The van der Waals surface area contributed by atoms with Crippen LogP contribution < -0.4 is 0 Å². The largest absolute Gasteiger partial charge is 0.413 e. The van der Waals surface area contributed by atoms with Crippen LogP contribution >= 0.6 is 0 Å². The van der Waals surface area contributed by atoms with Gasteiger partial charge in [0.05, 0.1) is 13.2 Å². The summed E-state index contributed by atoms with van der Waals surface area (Å²) in [7, 11) is -1.77. The van der Waals surface area contributed by atoms with Gasteiger partial charge in [-0.3, -0.25) is 0 Å². The van der Waals surface area contributed by atoms with E-state index in [2.05, 4.69) is 46.0 Å². The van der Waals surface area contributed by atoms with Crippen molar-refractivity contribution in [2.24, 2.45) is 0 Å². The summed E-state index contributed by atoms with van der Waals surface area (Å²) in [5.41, 5.74) is 3.23. The maximum absolute atomic E-state index is 9.45. The second kappa shape index (κ2) is 6.70. The molecule has 0 unspecified atom stereocenters. The molecule has 1 aromatic rings. The van der Waals surface area contributed by atoms with Gasteiger partial charge in [0.15, 0.2) is 8.32 Å². The Kier molecular flexibility index (Phi) is 5.75. The van der Waals surface area contributed by atoms with Crippen molar-refractivity contribution in [2.45, 2.75) is 45.8 Å². The van der Waals surface area contributed by atoms with Gasteiger partial charge < -0.3 is 9.53 Å². The average Bonchev–Trinajstić information content (AvgIpc) is 2.38. The van der Waals surface area contributed by atoms with Gasteiger partial charge in [0, 0.05) is 0 Å². The lowest BCUT2D eigenvalue weighted by Crippen LogP contribution is -2.41. The van der Waals surface area contributed by atoms with E-state index in [0.29, 0.717) is 6.61 Å². The van der Waals surface area contributed by atoms with Crippen LogP contribution in [0.2, 0.25) is 18.1 Å². The molecule has 0 radical (unpaired) electrons. The summed E-state index contributed by atoms with van der Waals surface area (Å²) in [5.74, 6) is 0. The van der Waals surface area contributed by atoms with Gasteiger partial charge >= 0.3 is 0 Å². The van der Waals surface area contributed by atoms with E-state index in [1.54, 1.807) is 0 Å². The van der Waals surface area contributed by atoms with Crippen molar-refractivity contribution in [2.75, 3.05) is 13.2 Å². The Labute approximate surface area is 124 Å². The number of rotatable bonds is 5. The molecule has 0 bridgehead atoms. The molecule has 0 aromatic heterocycles. The van der Waals surface area contributed by atoms with E-state index in [0.717, 1.165) is 16.7 Å². The Hall–Kier alpha value is -0.903. The first-order chi connectivity index (χ1) is 9.19. The Morgan fingerprint density at radius 1 is 1.15 bits per heavy atom. The fourth-order valence-corrected chi connectivity index (χ4v) is 2.59. The predicted octanol–water partition coefficient (Wildman–Crippen LogP) is 4.47. The standard InChI is InChI=1S/C17H28O2Si/c1-14(12-18)16(15-10-8-7-9-11-15)13-19-20(5,6)17(2,3)4/h7-11,18H,12-13H2,1-6H3. The first-order valence-corrected chi connectivity index (χ1v) is 10.1. The van der Waals surface area contributed by atoms with Gasteiger partial charge in [0.1, 0.15) is 0 Å². The average molecular weight is 292 g/mol. The molecule has 1 N–H and O–H groups in total. The third-order valence-corrected chi connectivity index (χ3v) is 8.74. The summed E-state index contributed by atoms with van der Waals surface area (Å²) < 4.78 is 6.30. The third kappa shape index (κ3) is 4.30. The van der Waals surface area contributed by atoms with Gasteiger partial charge in [-0.2, -0.15) is 0 Å². The van der Waals surface area contributed by atoms with E-state index in [1.165, 1.54) is 0 Å². The van der Waals surface area contributed by atoms with Crippen LogP contribution in [0.5, 0.6) is 0 Å². The monoisotopic (exact) mass is 292 g/mol. The molecule has 1 aromatic carbocycles. The van der Waals surface area contributed by atoms with Crippen LogP contribution in [0.4, 0.5) is 0 Å². The van der Waals surface area contributed by atoms with Gasteiger partial charge in [0.25, 0.3) is 0 Å². The van der Waals surface area contributed by atoms with Crippen LogP contribution in [0, 0.1) is 0 Å². The fraction of sp³-hybridized carbons (Fsp3) is 0.529. The second-order valence-electron chi connectivity index (χ2n) is 6.83. The van der Waals surface area contributed by atoms with Crippen LogP contribution in [0.15, 0.2) is 35.9 Å². The minimum Gasteiger partial charge on any atom is -0.413 e. The van der Waals surface area contributed by atoms with E-state index in [-0.39, 0.29) is 11.6 Å². The van der Waals surface area contributed by atoms with Crippen molar-refractivity contribution >= 4 is 13.9 Å². The highest BCUT2D eigenvalue weighted by Crippen LogP contribution is 2.37. The second-order valence-corrected chi connectivity index (χ2v) is 11.6. The molecule has 0 amide bonds. The first kappa shape index (κ1) is 17.1. The number of aliphatic hydroxyl groups excluding tert-OH is 1. The summed E-state index contributed by atoms with van der Waals surface area (Å²) in [6, 6.07) is 10.2. The molecule has 0 saturated carbocycles. The molecule has 0 saturated heterocycles. The summed E-state index contributed by atoms with van der Waals surface area (Å²) in [6.45, 7) is 13.8. The molecule has 0 aliphatic rings. The molecule has 112 valence electrons. The van der Waals surface area contributed by atoms with Crippen LogP contribution in [0.3, 0.4) is 0 Å². The predicted molar refractivity (Wildman–Crippen MR) is 89.3 cm³/mol. The lowest BCUT2D eigenvalue weighted by Gasteiger charge is -2.36. The van der Waals surface area contributed by atoms with Crippen LogP contribution in [0.25, 0.3) is 5.57 Å². The summed E-state index contributed by atoms with van der Waals surface area (Å²) >= 11 is 0. The topological polar surface area (TPSA) is 29.5 Å². The molecule has 0 spiro atoms. The number of hydrogen-bond donors (Lipinski definition) is 1. The highest BCUT2D eigenvalue weighted by atomic mass is 28.4. The molecule has 1 rings (SSSR count). The zero-order valence-corrected chi connectivity index (χ0v) is 14.7. The molecule has 0 atom stereocenters. The van der Waals surface area contributed by atoms with Crippen molar-refractivity contribution in [3.63, 3.8) is 0 Å². The fourth-order valence-electron chi connectivity index (χ4n) is 1.66. The molecule has 20 heavy (non-hydrogen) atoms. The minimum atomic E-state index is -1.77. The number of hydrogen-bond acceptors (Lipinski definition) is 2. The maximum atomic E-state index is 9.45. The quantitative estimate of drug-likeness (QED) is 0.811. The lowest BCUT2D eigenvalue weighted by atomic mass is 10.0. The van der Waals surface area contributed by atoms with E-state index in [1.807, 2.05) is 25.1 Å². The third-order valence-electron chi connectivity index (χ3n) is 4.26. The maximum Gasteiger partial charge on any atom is 0.192 e. The lowest BCUT2D eigenvalue weighted by molar-refractivity contribution is 0.320. The first-order valence-electron chi connectivity index (χ1n) is 7.18. The molecular formula is C17H28O2Si. The Morgan fingerprint density at radius 2 is 1.70 bits per heavy atom. The summed E-state index contributed by atoms with van der Waals surface area (Å²) in [4.78, 5) is 0. The summed E-state index contributed by atoms with van der Waals surface area (Å²) in [6.07, 6.45) is 0. The Morgan fingerprint density at radius 3 is 2.15 bits per heavy atom. The molecule has 2 nitrogen and oxygen atoms in total. The number of benzene rings is 1. The Bertz CT molecular complexity index is 456. The van der Waals surface area contributed by atoms with E-state index in [4.69, 9.17) is 4.43 Å². The van der Waals surface area contributed by atoms with Crippen molar-refractivity contribution < 1.29 is 9.53 Å². The van der Waals surface area contributed by atoms with Gasteiger partial charge in [-0.25, -0.2) is 0 Å². The van der Waals surface area contributed by atoms with E-state index in [9.17, 15) is 5.11 Å². The SMILES string of the molecule is CC(CO)=C(CO[Si](C)(C)C(C)(C)C)c1ccccc1.